The van der Waals surface area contributed by atoms with Gasteiger partial charge in [-0.1, -0.05) is 30.9 Å². The average molecular weight is 432 g/mol. The minimum absolute atomic E-state index is 0.0245. The monoisotopic (exact) mass is 431 g/mol. The molecule has 3 rings (SSSR count). The molecular formula is C19H23ClFNO5S. The van der Waals surface area contributed by atoms with Gasteiger partial charge in [-0.05, 0) is 37.5 Å². The zero-order chi connectivity index (χ0) is 20.3. The maximum Gasteiger partial charge on any atom is 0.340 e. The molecule has 1 aliphatic carbocycles. The Labute approximate surface area is 168 Å². The van der Waals surface area contributed by atoms with Crippen molar-refractivity contribution in [1.29, 1.82) is 0 Å². The van der Waals surface area contributed by atoms with E-state index in [2.05, 4.69) is 0 Å². The molecule has 1 amide bonds. The van der Waals surface area contributed by atoms with E-state index in [0.29, 0.717) is 6.42 Å². The number of benzene rings is 1. The maximum atomic E-state index is 13.1. The molecule has 6 nitrogen and oxygen atoms in total. The summed E-state index contributed by atoms with van der Waals surface area (Å²) in [4.78, 5) is 26.7. The van der Waals surface area contributed by atoms with Crippen molar-refractivity contribution < 1.29 is 27.1 Å². The number of esters is 1. The normalized spacial score (nSPS) is 22.0. The summed E-state index contributed by atoms with van der Waals surface area (Å²) >= 11 is 5.86. The summed E-state index contributed by atoms with van der Waals surface area (Å²) < 4.78 is 42.0. The smallest absolute Gasteiger partial charge is 0.340 e. The minimum atomic E-state index is -3.15. The van der Waals surface area contributed by atoms with Gasteiger partial charge in [-0.2, -0.15) is 0 Å². The van der Waals surface area contributed by atoms with Crippen LogP contribution < -0.4 is 0 Å². The molecule has 2 fully saturated rings. The van der Waals surface area contributed by atoms with E-state index in [1.807, 2.05) is 0 Å². The highest BCUT2D eigenvalue weighted by molar-refractivity contribution is 7.91. The van der Waals surface area contributed by atoms with Crippen molar-refractivity contribution in [3.05, 3.63) is 34.6 Å². The molecule has 9 heteroatoms. The second-order valence-corrected chi connectivity index (χ2v) is 9.99. The van der Waals surface area contributed by atoms with Crippen LogP contribution in [0.1, 0.15) is 48.9 Å². The topological polar surface area (TPSA) is 80.8 Å². The van der Waals surface area contributed by atoms with Crippen molar-refractivity contribution in [1.82, 2.24) is 4.90 Å². The standard InChI is InChI=1S/C19H23ClFNO5S/c20-17-10-13(21)6-7-16(17)19(24)27-11-18(23)22(14-4-2-1-3-5-14)15-8-9-28(25,26)12-15/h6-7,10,14-15H,1-5,8-9,11-12H2. The van der Waals surface area contributed by atoms with E-state index in [-0.39, 0.29) is 34.2 Å². The zero-order valence-electron chi connectivity index (χ0n) is 15.4. The van der Waals surface area contributed by atoms with Crippen molar-refractivity contribution in [2.24, 2.45) is 0 Å². The van der Waals surface area contributed by atoms with E-state index in [1.165, 1.54) is 6.07 Å². The molecule has 1 heterocycles. The van der Waals surface area contributed by atoms with Crippen LogP contribution in [0.15, 0.2) is 18.2 Å². The first kappa shape index (κ1) is 21.0. The first-order valence-electron chi connectivity index (χ1n) is 9.40. The SMILES string of the molecule is O=C(OCC(=O)N(C1CCCCC1)C1CCS(=O)(=O)C1)c1ccc(F)cc1Cl. The molecule has 0 spiro atoms. The molecule has 1 saturated heterocycles. The Morgan fingerprint density at radius 3 is 2.46 bits per heavy atom. The third kappa shape index (κ3) is 5.03. The van der Waals surface area contributed by atoms with Crippen LogP contribution in [0.25, 0.3) is 0 Å². The predicted molar refractivity (Wildman–Crippen MR) is 102 cm³/mol. The Morgan fingerprint density at radius 1 is 1.14 bits per heavy atom. The van der Waals surface area contributed by atoms with Crippen LogP contribution in [0.4, 0.5) is 4.39 Å². The lowest BCUT2D eigenvalue weighted by molar-refractivity contribution is -0.140. The summed E-state index contributed by atoms with van der Waals surface area (Å²) in [7, 11) is -3.15. The number of ether oxygens (including phenoxy) is 1. The first-order chi connectivity index (χ1) is 13.3. The molecule has 0 aromatic heterocycles. The molecule has 1 aromatic carbocycles. The second-order valence-electron chi connectivity index (χ2n) is 7.35. The highest BCUT2D eigenvalue weighted by Gasteiger charge is 2.38. The lowest BCUT2D eigenvalue weighted by Gasteiger charge is -2.38. The van der Waals surface area contributed by atoms with Crippen LogP contribution in [0, 0.1) is 5.82 Å². The molecule has 1 unspecified atom stereocenters. The molecule has 28 heavy (non-hydrogen) atoms. The van der Waals surface area contributed by atoms with Gasteiger partial charge < -0.3 is 9.64 Å². The van der Waals surface area contributed by atoms with Gasteiger partial charge in [0.25, 0.3) is 5.91 Å². The Morgan fingerprint density at radius 2 is 1.86 bits per heavy atom. The van der Waals surface area contributed by atoms with Crippen LogP contribution in [0.5, 0.6) is 0 Å². The molecule has 1 atom stereocenters. The predicted octanol–water partition coefficient (Wildman–Crippen LogP) is 2.98. The van der Waals surface area contributed by atoms with Gasteiger partial charge in [-0.25, -0.2) is 17.6 Å². The van der Waals surface area contributed by atoms with Gasteiger partial charge in [0.15, 0.2) is 16.4 Å². The largest absolute Gasteiger partial charge is 0.452 e. The van der Waals surface area contributed by atoms with E-state index in [0.717, 1.165) is 44.2 Å². The summed E-state index contributed by atoms with van der Waals surface area (Å²) in [6, 6.07) is 2.87. The number of carbonyl (C=O) groups is 2. The van der Waals surface area contributed by atoms with E-state index in [9.17, 15) is 22.4 Å². The van der Waals surface area contributed by atoms with E-state index < -0.39 is 34.1 Å². The summed E-state index contributed by atoms with van der Waals surface area (Å²) in [6.07, 6.45) is 5.11. The number of halogens is 2. The van der Waals surface area contributed by atoms with Gasteiger partial charge in [0.05, 0.1) is 22.1 Å². The Bertz CT molecular complexity index is 854. The second kappa shape index (κ2) is 8.78. The Balaban J connectivity index is 1.69. The van der Waals surface area contributed by atoms with Gasteiger partial charge in [0.1, 0.15) is 5.82 Å². The van der Waals surface area contributed by atoms with E-state index in [1.54, 1.807) is 4.90 Å². The fraction of sp³-hybridized carbons (Fsp3) is 0.579. The molecular weight excluding hydrogens is 409 g/mol. The maximum absolute atomic E-state index is 13.1. The Hall–Kier alpha value is -1.67. The molecule has 2 aliphatic rings. The van der Waals surface area contributed by atoms with Crippen LogP contribution in [-0.2, 0) is 19.4 Å². The van der Waals surface area contributed by atoms with Crippen molar-refractivity contribution >= 4 is 33.3 Å². The van der Waals surface area contributed by atoms with Crippen LogP contribution in [0.3, 0.4) is 0 Å². The first-order valence-corrected chi connectivity index (χ1v) is 11.6. The third-order valence-electron chi connectivity index (χ3n) is 5.34. The number of amides is 1. The summed E-state index contributed by atoms with van der Waals surface area (Å²) in [5, 5.41) is -0.0940. The molecule has 0 bridgehead atoms. The van der Waals surface area contributed by atoms with Crippen molar-refractivity contribution in [3.63, 3.8) is 0 Å². The summed E-state index contributed by atoms with van der Waals surface area (Å²) in [5.41, 5.74) is -0.0245. The van der Waals surface area contributed by atoms with Gasteiger partial charge in [-0.3, -0.25) is 4.79 Å². The lowest BCUT2D eigenvalue weighted by atomic mass is 9.93. The number of sulfone groups is 1. The number of hydrogen-bond donors (Lipinski definition) is 0. The van der Waals surface area contributed by atoms with Crippen LogP contribution >= 0.6 is 11.6 Å². The number of nitrogens with zero attached hydrogens (tertiary/aromatic N) is 1. The van der Waals surface area contributed by atoms with Crippen molar-refractivity contribution in [2.45, 2.75) is 50.6 Å². The number of carbonyl (C=O) groups excluding carboxylic acids is 2. The third-order valence-corrected chi connectivity index (χ3v) is 7.40. The van der Waals surface area contributed by atoms with E-state index in [4.69, 9.17) is 16.3 Å². The van der Waals surface area contributed by atoms with Crippen molar-refractivity contribution in [2.75, 3.05) is 18.1 Å². The molecule has 0 radical (unpaired) electrons. The lowest BCUT2D eigenvalue weighted by Crippen LogP contribution is -2.50. The van der Waals surface area contributed by atoms with Gasteiger partial charge in [0, 0.05) is 12.1 Å². The minimum Gasteiger partial charge on any atom is -0.452 e. The van der Waals surface area contributed by atoms with Gasteiger partial charge in [-0.15, -0.1) is 0 Å². The molecule has 1 saturated carbocycles. The van der Waals surface area contributed by atoms with Crippen LogP contribution in [0.2, 0.25) is 5.02 Å². The molecule has 154 valence electrons. The van der Waals surface area contributed by atoms with E-state index >= 15 is 0 Å². The zero-order valence-corrected chi connectivity index (χ0v) is 17.0. The average Bonchev–Trinajstić information content (AvgIpc) is 3.00. The Kier molecular flexibility index (Phi) is 6.60. The fourth-order valence-corrected chi connectivity index (χ4v) is 5.95. The highest BCUT2D eigenvalue weighted by atomic mass is 35.5. The summed E-state index contributed by atoms with van der Waals surface area (Å²) in [6.45, 7) is -0.500. The fourth-order valence-electron chi connectivity index (χ4n) is 3.99. The van der Waals surface area contributed by atoms with Gasteiger partial charge in [0.2, 0.25) is 0 Å². The molecule has 0 N–H and O–H groups in total. The number of hydrogen-bond acceptors (Lipinski definition) is 5. The summed E-state index contributed by atoms with van der Waals surface area (Å²) in [5.74, 6) is -1.78. The number of rotatable bonds is 5. The molecule has 1 aliphatic heterocycles. The molecule has 1 aromatic rings. The van der Waals surface area contributed by atoms with Crippen LogP contribution in [-0.4, -0.2) is 55.4 Å². The quantitative estimate of drug-likeness (QED) is 0.669. The van der Waals surface area contributed by atoms with Crippen molar-refractivity contribution in [3.8, 4) is 0 Å². The highest BCUT2D eigenvalue weighted by Crippen LogP contribution is 2.28. The van der Waals surface area contributed by atoms with Gasteiger partial charge >= 0.3 is 5.97 Å².